The number of benzene rings is 1. The maximum Gasteiger partial charge on any atom is 0.243 e. The van der Waals surface area contributed by atoms with Crippen LogP contribution >= 0.6 is 0 Å². The largest absolute Gasteiger partial charge is 0.381 e. The molecule has 0 atom stereocenters. The van der Waals surface area contributed by atoms with Crippen LogP contribution in [-0.2, 0) is 26.0 Å². The zero-order valence-electron chi connectivity index (χ0n) is 17.5. The maximum atomic E-state index is 13.4. The quantitative estimate of drug-likeness (QED) is 0.710. The van der Waals surface area contributed by atoms with E-state index >= 15 is 0 Å². The second-order valence-corrected chi connectivity index (χ2v) is 11.2. The molecule has 0 aromatic heterocycles. The minimum atomic E-state index is -3.71. The van der Waals surface area contributed by atoms with Gasteiger partial charge in [-0.1, -0.05) is 26.0 Å². The van der Waals surface area contributed by atoms with Crippen LogP contribution in [-0.4, -0.2) is 61.9 Å². The van der Waals surface area contributed by atoms with Crippen molar-refractivity contribution in [3.8, 4) is 0 Å². The summed E-state index contributed by atoms with van der Waals surface area (Å²) in [6, 6.07) is 7.15. The summed E-state index contributed by atoms with van der Waals surface area (Å²) in [7, 11) is -3.71. The highest BCUT2D eigenvalue weighted by molar-refractivity contribution is 7.89. The molecule has 2 saturated heterocycles. The van der Waals surface area contributed by atoms with Crippen molar-refractivity contribution in [2.75, 3.05) is 32.8 Å². The molecule has 7 heteroatoms. The van der Waals surface area contributed by atoms with Gasteiger partial charge in [0.1, 0.15) is 0 Å². The Bertz CT molecular complexity index is 840. The fourth-order valence-electron chi connectivity index (χ4n) is 4.59. The second-order valence-electron chi connectivity index (χ2n) is 9.30. The normalized spacial score (nSPS) is 23.1. The summed E-state index contributed by atoms with van der Waals surface area (Å²) >= 11 is 0. The predicted molar refractivity (Wildman–Crippen MR) is 111 cm³/mol. The predicted octanol–water partition coefficient (Wildman–Crippen LogP) is 2.68. The van der Waals surface area contributed by atoms with Crippen LogP contribution in [0.5, 0.6) is 0 Å². The third-order valence-corrected chi connectivity index (χ3v) is 8.23. The lowest BCUT2D eigenvalue weighted by Gasteiger charge is -2.52. The summed E-state index contributed by atoms with van der Waals surface area (Å²) in [6.45, 7) is 6.50. The lowest BCUT2D eigenvalue weighted by molar-refractivity contribution is -0.150. The van der Waals surface area contributed by atoms with Gasteiger partial charge in [-0.2, -0.15) is 4.31 Å². The minimum absolute atomic E-state index is 0.0641. The van der Waals surface area contributed by atoms with Crippen LogP contribution in [0, 0.1) is 11.8 Å². The molecule has 2 heterocycles. The molecule has 2 aliphatic heterocycles. The van der Waals surface area contributed by atoms with Gasteiger partial charge in [0, 0.05) is 26.3 Å². The summed E-state index contributed by atoms with van der Waals surface area (Å²) < 4.78 is 33.7. The van der Waals surface area contributed by atoms with E-state index in [9.17, 15) is 13.2 Å². The molecule has 4 rings (SSSR count). The van der Waals surface area contributed by atoms with Crippen LogP contribution in [0.15, 0.2) is 29.2 Å². The lowest BCUT2D eigenvalue weighted by Crippen LogP contribution is -2.67. The van der Waals surface area contributed by atoms with Gasteiger partial charge in [0.15, 0.2) is 0 Å². The van der Waals surface area contributed by atoms with Gasteiger partial charge >= 0.3 is 0 Å². The van der Waals surface area contributed by atoms with Gasteiger partial charge in [-0.15, -0.1) is 0 Å². The molecular formula is C22H32N2O4S. The number of ether oxygens (including phenoxy) is 1. The SMILES string of the molecule is CC(C)Cc1ccc(S(=O)(=O)N2CC(=O)N(CC3CC3)C3(CCOCC3)C2)cc1. The van der Waals surface area contributed by atoms with Gasteiger partial charge in [0.2, 0.25) is 15.9 Å². The van der Waals surface area contributed by atoms with Crippen molar-refractivity contribution < 1.29 is 17.9 Å². The Morgan fingerprint density at radius 1 is 1.14 bits per heavy atom. The van der Waals surface area contributed by atoms with Crippen LogP contribution in [0.1, 0.15) is 45.1 Å². The van der Waals surface area contributed by atoms with Crippen LogP contribution in [0.4, 0.5) is 0 Å². The van der Waals surface area contributed by atoms with Crippen molar-refractivity contribution in [2.45, 2.75) is 56.4 Å². The summed E-state index contributed by atoms with van der Waals surface area (Å²) in [5.41, 5.74) is 0.700. The van der Waals surface area contributed by atoms with E-state index in [0.29, 0.717) is 44.4 Å². The number of rotatable bonds is 6. The molecule has 1 saturated carbocycles. The average molecular weight is 421 g/mol. The number of carbonyl (C=O) groups is 1. The second kappa shape index (κ2) is 8.00. The van der Waals surface area contributed by atoms with Crippen LogP contribution in [0.3, 0.4) is 0 Å². The first-order valence-electron chi connectivity index (χ1n) is 10.8. The smallest absolute Gasteiger partial charge is 0.243 e. The Kier molecular flexibility index (Phi) is 5.75. The third-order valence-electron chi connectivity index (χ3n) is 6.42. The zero-order chi connectivity index (χ0) is 20.6. The first-order chi connectivity index (χ1) is 13.8. The molecule has 1 aromatic carbocycles. The highest BCUT2D eigenvalue weighted by Gasteiger charge is 2.50. The number of amides is 1. The van der Waals surface area contributed by atoms with Crippen molar-refractivity contribution in [2.24, 2.45) is 11.8 Å². The number of nitrogens with zero attached hydrogens (tertiary/aromatic N) is 2. The molecule has 160 valence electrons. The van der Waals surface area contributed by atoms with E-state index in [0.717, 1.165) is 18.5 Å². The Morgan fingerprint density at radius 3 is 2.38 bits per heavy atom. The molecule has 1 spiro atoms. The van der Waals surface area contributed by atoms with Crippen LogP contribution in [0.2, 0.25) is 0 Å². The average Bonchev–Trinajstić information content (AvgIpc) is 3.50. The first-order valence-corrected chi connectivity index (χ1v) is 12.2. The van der Waals surface area contributed by atoms with Gasteiger partial charge in [-0.05, 0) is 61.6 Å². The van der Waals surface area contributed by atoms with Gasteiger partial charge < -0.3 is 9.64 Å². The molecule has 1 aliphatic carbocycles. The Labute approximate surface area is 174 Å². The first kappa shape index (κ1) is 20.8. The van der Waals surface area contributed by atoms with Gasteiger partial charge in [-0.3, -0.25) is 4.79 Å². The zero-order valence-corrected chi connectivity index (χ0v) is 18.3. The van der Waals surface area contributed by atoms with Crippen LogP contribution < -0.4 is 0 Å². The topological polar surface area (TPSA) is 66.9 Å². The van der Waals surface area contributed by atoms with E-state index in [1.54, 1.807) is 12.1 Å². The van der Waals surface area contributed by atoms with E-state index < -0.39 is 15.6 Å². The number of carbonyl (C=O) groups excluding carboxylic acids is 1. The van der Waals surface area contributed by atoms with Crippen molar-refractivity contribution in [3.05, 3.63) is 29.8 Å². The molecule has 0 N–H and O–H groups in total. The standard InChI is InChI=1S/C22H32N2O4S/c1-17(2)13-18-5-7-20(8-6-18)29(26,27)23-15-21(25)24(14-19-3-4-19)22(16-23)9-11-28-12-10-22/h5-8,17,19H,3-4,9-16H2,1-2H3. The van der Waals surface area contributed by atoms with E-state index in [-0.39, 0.29) is 17.3 Å². The Balaban J connectivity index is 1.58. The Hall–Kier alpha value is -1.44. The molecular weight excluding hydrogens is 388 g/mol. The molecule has 0 radical (unpaired) electrons. The molecule has 3 aliphatic rings. The summed E-state index contributed by atoms with van der Waals surface area (Å²) in [6.07, 6.45) is 4.65. The molecule has 3 fully saturated rings. The van der Waals surface area contributed by atoms with E-state index in [4.69, 9.17) is 4.74 Å². The van der Waals surface area contributed by atoms with Crippen molar-refractivity contribution >= 4 is 15.9 Å². The fourth-order valence-corrected chi connectivity index (χ4v) is 6.06. The van der Waals surface area contributed by atoms with Crippen molar-refractivity contribution in [1.29, 1.82) is 0 Å². The molecule has 1 amide bonds. The van der Waals surface area contributed by atoms with Gasteiger partial charge in [0.05, 0.1) is 17.0 Å². The number of sulfonamides is 1. The van der Waals surface area contributed by atoms with E-state index in [1.807, 2.05) is 17.0 Å². The van der Waals surface area contributed by atoms with Crippen molar-refractivity contribution in [3.63, 3.8) is 0 Å². The van der Waals surface area contributed by atoms with Crippen LogP contribution in [0.25, 0.3) is 0 Å². The summed E-state index contributed by atoms with van der Waals surface area (Å²) in [5.74, 6) is 1.03. The molecule has 0 bridgehead atoms. The number of hydrogen-bond donors (Lipinski definition) is 0. The van der Waals surface area contributed by atoms with Gasteiger partial charge in [0.25, 0.3) is 0 Å². The summed E-state index contributed by atoms with van der Waals surface area (Å²) in [4.78, 5) is 15.3. The maximum absolute atomic E-state index is 13.4. The third kappa shape index (κ3) is 4.37. The number of piperazine rings is 1. The number of hydrogen-bond acceptors (Lipinski definition) is 4. The Morgan fingerprint density at radius 2 is 1.79 bits per heavy atom. The molecule has 6 nitrogen and oxygen atoms in total. The fraction of sp³-hybridized carbons (Fsp3) is 0.682. The van der Waals surface area contributed by atoms with Crippen molar-refractivity contribution in [1.82, 2.24) is 9.21 Å². The monoisotopic (exact) mass is 420 g/mol. The minimum Gasteiger partial charge on any atom is -0.381 e. The lowest BCUT2D eigenvalue weighted by atomic mass is 9.85. The summed E-state index contributed by atoms with van der Waals surface area (Å²) in [5, 5.41) is 0. The highest BCUT2D eigenvalue weighted by atomic mass is 32.2. The van der Waals surface area contributed by atoms with Gasteiger partial charge in [-0.25, -0.2) is 8.42 Å². The van der Waals surface area contributed by atoms with E-state index in [1.165, 1.54) is 17.1 Å². The highest BCUT2D eigenvalue weighted by Crippen LogP contribution is 2.39. The molecule has 29 heavy (non-hydrogen) atoms. The van der Waals surface area contributed by atoms with E-state index in [2.05, 4.69) is 13.8 Å². The molecule has 1 aromatic rings. The molecule has 0 unspecified atom stereocenters.